The van der Waals surface area contributed by atoms with E-state index < -0.39 is 0 Å². The van der Waals surface area contributed by atoms with Gasteiger partial charge in [0, 0.05) is 31.7 Å². The number of ether oxygens (including phenoxy) is 2. The first-order valence-corrected chi connectivity index (χ1v) is 8.17. The van der Waals surface area contributed by atoms with Crippen molar-refractivity contribution in [1.29, 1.82) is 0 Å². The Morgan fingerprint density at radius 3 is 2.64 bits per heavy atom. The number of rotatable bonds is 5. The minimum Gasteiger partial charge on any atom is -0.466 e. The molecule has 3 atom stereocenters. The van der Waals surface area contributed by atoms with Crippen molar-refractivity contribution in [3.63, 3.8) is 0 Å². The van der Waals surface area contributed by atoms with Crippen LogP contribution >= 0.6 is 11.6 Å². The summed E-state index contributed by atoms with van der Waals surface area (Å²) in [4.78, 5) is 34.6. The van der Waals surface area contributed by atoms with E-state index in [-0.39, 0.29) is 54.1 Å². The summed E-state index contributed by atoms with van der Waals surface area (Å²) in [6.07, 6.45) is 2.35. The number of carbonyl (C=O) groups excluding carboxylic acids is 2. The zero-order valence-corrected chi connectivity index (χ0v) is 14.6. The van der Waals surface area contributed by atoms with Gasteiger partial charge in [0.25, 0.3) is 0 Å². The Balaban J connectivity index is 1.85. The van der Waals surface area contributed by atoms with Crippen LogP contribution in [0.25, 0.3) is 11.2 Å². The molecule has 2 heterocycles. The second-order valence-corrected chi connectivity index (χ2v) is 6.39. The number of aromatic nitrogens is 4. The van der Waals surface area contributed by atoms with E-state index >= 15 is 0 Å². The van der Waals surface area contributed by atoms with Gasteiger partial charge in [-0.1, -0.05) is 11.6 Å². The van der Waals surface area contributed by atoms with E-state index in [2.05, 4.69) is 15.0 Å². The van der Waals surface area contributed by atoms with E-state index in [1.807, 2.05) is 4.57 Å². The van der Waals surface area contributed by atoms with Gasteiger partial charge in [0.1, 0.15) is 5.52 Å². The van der Waals surface area contributed by atoms with Crippen LogP contribution in [0.5, 0.6) is 0 Å². The van der Waals surface area contributed by atoms with Crippen LogP contribution in [0.1, 0.15) is 26.3 Å². The van der Waals surface area contributed by atoms with Gasteiger partial charge >= 0.3 is 11.9 Å². The zero-order chi connectivity index (χ0) is 18.1. The van der Waals surface area contributed by atoms with E-state index in [1.54, 1.807) is 6.33 Å². The fraction of sp³-hybridized carbons (Fsp3) is 0.533. The molecule has 0 bridgehead atoms. The molecule has 0 aliphatic heterocycles. The number of imidazole rings is 1. The fourth-order valence-electron chi connectivity index (χ4n) is 3.12. The van der Waals surface area contributed by atoms with Gasteiger partial charge in [-0.25, -0.2) is 4.98 Å². The van der Waals surface area contributed by atoms with Crippen molar-refractivity contribution in [2.24, 2.45) is 11.8 Å². The van der Waals surface area contributed by atoms with Crippen molar-refractivity contribution in [1.82, 2.24) is 19.5 Å². The second kappa shape index (κ2) is 6.83. The van der Waals surface area contributed by atoms with Gasteiger partial charge in [-0.3, -0.25) is 9.59 Å². The number of hydrogen-bond donors (Lipinski definition) is 1. The Labute approximate surface area is 148 Å². The van der Waals surface area contributed by atoms with Crippen LogP contribution in [0.2, 0.25) is 5.15 Å². The molecule has 25 heavy (non-hydrogen) atoms. The van der Waals surface area contributed by atoms with Gasteiger partial charge in [-0.05, 0) is 6.42 Å². The van der Waals surface area contributed by atoms with Gasteiger partial charge in [-0.15, -0.1) is 0 Å². The minimum absolute atomic E-state index is 0.0183. The molecule has 1 fully saturated rings. The number of nitrogens with two attached hydrogens (primary N) is 1. The molecular weight excluding hydrogens is 350 g/mol. The molecule has 1 aliphatic rings. The SMILES string of the molecule is CC(=O)OCC1CC(n2cnc3c(Cl)nc(N)nc32)C1COC(C)=O. The van der Waals surface area contributed by atoms with Crippen LogP contribution in [0.3, 0.4) is 0 Å². The van der Waals surface area contributed by atoms with E-state index in [4.69, 9.17) is 26.8 Å². The Bertz CT molecular complexity index is 824. The molecule has 1 aliphatic carbocycles. The largest absolute Gasteiger partial charge is 0.466 e. The van der Waals surface area contributed by atoms with Crippen molar-refractivity contribution in [3.05, 3.63) is 11.5 Å². The summed E-state index contributed by atoms with van der Waals surface area (Å²) in [6, 6.07) is -0.0183. The van der Waals surface area contributed by atoms with E-state index in [9.17, 15) is 9.59 Å². The Kier molecular flexibility index (Phi) is 4.76. The van der Waals surface area contributed by atoms with Crippen LogP contribution < -0.4 is 5.73 Å². The predicted octanol–water partition coefficient (Wildman–Crippen LogP) is 1.37. The summed E-state index contributed by atoms with van der Waals surface area (Å²) in [5, 5.41) is 0.188. The third kappa shape index (κ3) is 3.51. The zero-order valence-electron chi connectivity index (χ0n) is 13.8. The highest BCUT2D eigenvalue weighted by Crippen LogP contribution is 2.45. The standard InChI is InChI=1S/C15H18ClN5O4/c1-7(22)24-4-9-3-11(10(9)5-25-8(2)23)21-6-18-12-13(16)19-15(17)20-14(12)21/h6,9-11H,3-5H2,1-2H3,(H2,17,19,20). The number of nitrogens with zero attached hydrogens (tertiary/aromatic N) is 4. The third-order valence-electron chi connectivity index (χ3n) is 4.38. The van der Waals surface area contributed by atoms with Crippen molar-refractivity contribution in [2.75, 3.05) is 18.9 Å². The van der Waals surface area contributed by atoms with Gasteiger partial charge in [0.15, 0.2) is 10.8 Å². The summed E-state index contributed by atoms with van der Waals surface area (Å²) in [5.41, 5.74) is 6.67. The molecule has 134 valence electrons. The summed E-state index contributed by atoms with van der Waals surface area (Å²) in [7, 11) is 0. The van der Waals surface area contributed by atoms with E-state index in [0.29, 0.717) is 11.2 Å². The van der Waals surface area contributed by atoms with Crippen LogP contribution in [0.15, 0.2) is 6.33 Å². The number of nitrogen functional groups attached to an aromatic ring is 1. The average Bonchev–Trinajstić information content (AvgIpc) is 2.89. The maximum Gasteiger partial charge on any atom is 0.302 e. The molecule has 3 rings (SSSR count). The maximum atomic E-state index is 11.2. The summed E-state index contributed by atoms with van der Waals surface area (Å²) < 4.78 is 12.1. The molecule has 1 saturated carbocycles. The van der Waals surface area contributed by atoms with Crippen LogP contribution in [0, 0.1) is 11.8 Å². The Morgan fingerprint density at radius 1 is 1.28 bits per heavy atom. The lowest BCUT2D eigenvalue weighted by molar-refractivity contribution is -0.152. The summed E-state index contributed by atoms with van der Waals surface area (Å²) in [5.74, 6) is -0.584. The lowest BCUT2D eigenvalue weighted by Gasteiger charge is -2.44. The topological polar surface area (TPSA) is 122 Å². The van der Waals surface area contributed by atoms with E-state index in [1.165, 1.54) is 13.8 Å². The smallest absolute Gasteiger partial charge is 0.302 e. The summed E-state index contributed by atoms with van der Waals surface area (Å²) in [6.45, 7) is 3.22. The average molecular weight is 368 g/mol. The number of fused-ring (bicyclic) bond motifs is 1. The van der Waals surface area contributed by atoms with Crippen molar-refractivity contribution in [2.45, 2.75) is 26.3 Å². The highest BCUT2D eigenvalue weighted by Gasteiger charge is 2.44. The molecule has 0 aromatic carbocycles. The first kappa shape index (κ1) is 17.4. The second-order valence-electron chi connectivity index (χ2n) is 6.03. The molecule has 3 unspecified atom stereocenters. The van der Waals surface area contributed by atoms with Crippen LogP contribution in [0.4, 0.5) is 5.95 Å². The molecule has 0 spiro atoms. The lowest BCUT2D eigenvalue weighted by atomic mass is 9.69. The van der Waals surface area contributed by atoms with Crippen molar-refractivity contribution < 1.29 is 19.1 Å². The van der Waals surface area contributed by atoms with Gasteiger partial charge < -0.3 is 19.8 Å². The molecule has 0 radical (unpaired) electrons. The first-order valence-electron chi connectivity index (χ1n) is 7.79. The van der Waals surface area contributed by atoms with E-state index in [0.717, 1.165) is 6.42 Å². The highest BCUT2D eigenvalue weighted by molar-refractivity contribution is 6.33. The third-order valence-corrected chi connectivity index (χ3v) is 4.64. The molecule has 2 aromatic rings. The quantitative estimate of drug-likeness (QED) is 0.620. The van der Waals surface area contributed by atoms with Crippen LogP contribution in [-0.4, -0.2) is 44.7 Å². The van der Waals surface area contributed by atoms with Crippen LogP contribution in [-0.2, 0) is 19.1 Å². The Morgan fingerprint density at radius 2 is 1.96 bits per heavy atom. The summed E-state index contributed by atoms with van der Waals surface area (Å²) >= 11 is 6.06. The number of carbonyl (C=O) groups is 2. The number of anilines is 1. The molecule has 0 saturated heterocycles. The normalized spacial score (nSPS) is 22.4. The monoisotopic (exact) mass is 367 g/mol. The van der Waals surface area contributed by atoms with Crippen molar-refractivity contribution in [3.8, 4) is 0 Å². The maximum absolute atomic E-state index is 11.2. The number of halogens is 1. The van der Waals surface area contributed by atoms with Crippen molar-refractivity contribution >= 4 is 40.7 Å². The highest BCUT2D eigenvalue weighted by atomic mass is 35.5. The lowest BCUT2D eigenvalue weighted by Crippen LogP contribution is -2.44. The molecule has 2 aromatic heterocycles. The first-order chi connectivity index (χ1) is 11.9. The minimum atomic E-state index is -0.359. The van der Waals surface area contributed by atoms with Gasteiger partial charge in [0.05, 0.1) is 19.5 Å². The molecule has 9 nitrogen and oxygen atoms in total. The molecular formula is C15H18ClN5O4. The predicted molar refractivity (Wildman–Crippen MR) is 88.6 cm³/mol. The Hall–Kier alpha value is -2.42. The molecule has 0 amide bonds. The molecule has 2 N–H and O–H groups in total. The van der Waals surface area contributed by atoms with Gasteiger partial charge in [-0.2, -0.15) is 9.97 Å². The molecule has 10 heteroatoms. The number of esters is 2. The number of hydrogen-bond acceptors (Lipinski definition) is 8. The fourth-order valence-corrected chi connectivity index (χ4v) is 3.34. The van der Waals surface area contributed by atoms with Gasteiger partial charge in [0.2, 0.25) is 5.95 Å².